The van der Waals surface area contributed by atoms with Crippen molar-refractivity contribution in [2.75, 3.05) is 9.80 Å². The van der Waals surface area contributed by atoms with E-state index in [-0.39, 0.29) is 0 Å². The Morgan fingerprint density at radius 3 is 1.51 bits per heavy atom. The van der Waals surface area contributed by atoms with Gasteiger partial charge in [0.05, 0.1) is 22.2 Å². The van der Waals surface area contributed by atoms with Crippen LogP contribution in [-0.2, 0) is 5.41 Å². The maximum absolute atomic E-state index is 7.01. The summed E-state index contributed by atoms with van der Waals surface area (Å²) in [6.45, 7) is 0. The molecule has 1 aliphatic carbocycles. The van der Waals surface area contributed by atoms with Crippen molar-refractivity contribution >= 4 is 67.8 Å². The second-order valence-electron chi connectivity index (χ2n) is 15.2. The van der Waals surface area contributed by atoms with Gasteiger partial charge in [-0.05, 0) is 106 Å². The highest BCUT2D eigenvalue weighted by Gasteiger charge is 2.50. The summed E-state index contributed by atoms with van der Waals surface area (Å²) in [7, 11) is 0. The molecule has 278 valence electrons. The van der Waals surface area contributed by atoms with Crippen LogP contribution in [0.1, 0.15) is 22.3 Å². The zero-order valence-electron chi connectivity index (χ0n) is 32.0. The Kier molecular flexibility index (Phi) is 7.69. The van der Waals surface area contributed by atoms with Gasteiger partial charge in [-0.25, -0.2) is 0 Å². The van der Waals surface area contributed by atoms with E-state index in [1.165, 1.54) is 43.2 Å². The fourth-order valence-corrected chi connectivity index (χ4v) is 11.0. The summed E-state index contributed by atoms with van der Waals surface area (Å²) in [6.07, 6.45) is 0. The zero-order chi connectivity index (χ0) is 38.9. The van der Waals surface area contributed by atoms with Crippen LogP contribution in [0, 0.1) is 0 Å². The lowest BCUT2D eigenvalue weighted by atomic mass is 9.67. The van der Waals surface area contributed by atoms with E-state index in [2.05, 4.69) is 228 Å². The largest absolute Gasteiger partial charge is 0.454 e. The molecular weight excluding hydrogens is 737 g/mol. The normalized spacial score (nSPS) is 13.2. The Morgan fingerprint density at radius 2 is 0.864 bits per heavy atom. The van der Waals surface area contributed by atoms with Crippen LogP contribution < -0.4 is 9.80 Å². The standard InChI is InChI=1S/C55H36N2OS/c1-4-18-37(19-5-1)56(38-20-6-2-7-21-38)48-34-35-49(54-53(48)43-26-12-16-30-50(43)58-54)57(39-22-8-3-9-23-39)40-32-33-47-52(36-40)59-51-31-17-15-29-46(51)55(47)44-27-13-10-24-41(44)42-25-11-14-28-45(42)55/h1-36H. The SMILES string of the molecule is c1ccc(N(c2ccc3c(c2)Sc2ccccc2C32c3ccccc3-c3ccccc32)c2ccc(N(c3ccccc3)c3ccccc3)c3c2oc2ccccc23)cc1. The Labute approximate surface area is 347 Å². The van der Waals surface area contributed by atoms with Gasteiger partial charge in [0.25, 0.3) is 0 Å². The third kappa shape index (κ3) is 5.03. The highest BCUT2D eigenvalue weighted by molar-refractivity contribution is 7.99. The molecule has 0 unspecified atom stereocenters. The number of furan rings is 1. The fourth-order valence-electron chi connectivity index (χ4n) is 9.73. The first-order valence-electron chi connectivity index (χ1n) is 20.1. The molecule has 9 aromatic carbocycles. The number of benzene rings is 9. The molecule has 0 amide bonds. The lowest BCUT2D eigenvalue weighted by Gasteiger charge is -2.40. The quantitative estimate of drug-likeness (QED) is 0.168. The van der Waals surface area contributed by atoms with E-state index in [1.807, 2.05) is 11.8 Å². The first-order valence-corrected chi connectivity index (χ1v) is 20.9. The van der Waals surface area contributed by atoms with Crippen LogP contribution >= 0.6 is 11.8 Å². The summed E-state index contributed by atoms with van der Waals surface area (Å²) in [5.41, 5.74) is 15.5. The van der Waals surface area contributed by atoms with Gasteiger partial charge in [0.1, 0.15) is 5.58 Å². The smallest absolute Gasteiger partial charge is 0.161 e. The molecule has 0 fully saturated rings. The first kappa shape index (κ1) is 33.8. The summed E-state index contributed by atoms with van der Waals surface area (Å²) in [5, 5.41) is 2.13. The van der Waals surface area contributed by atoms with Crippen LogP contribution in [0.3, 0.4) is 0 Å². The minimum absolute atomic E-state index is 0.438. The average molecular weight is 773 g/mol. The van der Waals surface area contributed by atoms with E-state index in [0.29, 0.717) is 0 Å². The van der Waals surface area contributed by atoms with E-state index in [4.69, 9.17) is 4.42 Å². The van der Waals surface area contributed by atoms with Gasteiger partial charge in [0.2, 0.25) is 0 Å². The molecule has 0 atom stereocenters. The van der Waals surface area contributed by atoms with Crippen molar-refractivity contribution < 1.29 is 4.42 Å². The van der Waals surface area contributed by atoms with Gasteiger partial charge in [-0.2, -0.15) is 0 Å². The zero-order valence-corrected chi connectivity index (χ0v) is 32.8. The molecule has 1 spiro atoms. The molecule has 3 nitrogen and oxygen atoms in total. The minimum Gasteiger partial charge on any atom is -0.454 e. The number of rotatable bonds is 6. The predicted octanol–water partition coefficient (Wildman–Crippen LogP) is 15.4. The molecule has 10 aromatic rings. The molecule has 0 saturated heterocycles. The van der Waals surface area contributed by atoms with E-state index >= 15 is 0 Å². The van der Waals surface area contributed by atoms with Crippen LogP contribution in [0.25, 0.3) is 33.1 Å². The highest BCUT2D eigenvalue weighted by atomic mass is 32.2. The van der Waals surface area contributed by atoms with Gasteiger partial charge in [-0.1, -0.05) is 157 Å². The number of anilines is 6. The Bertz CT molecular complexity index is 3130. The lowest BCUT2D eigenvalue weighted by molar-refractivity contribution is 0.669. The Balaban J connectivity index is 1.11. The molecule has 4 heteroatoms. The number of fused-ring (bicyclic) bond motifs is 12. The first-order chi connectivity index (χ1) is 29.3. The number of para-hydroxylation sites is 4. The fraction of sp³-hybridized carbons (Fsp3) is 0.0182. The topological polar surface area (TPSA) is 19.6 Å². The van der Waals surface area contributed by atoms with Gasteiger partial charge in [-0.3, -0.25) is 0 Å². The molecule has 12 rings (SSSR count). The van der Waals surface area contributed by atoms with Crippen LogP contribution in [0.2, 0.25) is 0 Å². The third-order valence-electron chi connectivity index (χ3n) is 12.1. The maximum Gasteiger partial charge on any atom is 0.161 e. The summed E-state index contributed by atoms with van der Waals surface area (Å²) >= 11 is 1.87. The summed E-state index contributed by atoms with van der Waals surface area (Å²) < 4.78 is 7.01. The van der Waals surface area contributed by atoms with Crippen LogP contribution in [-0.4, -0.2) is 0 Å². The molecule has 0 bridgehead atoms. The molecule has 2 heterocycles. The average Bonchev–Trinajstić information content (AvgIpc) is 3.84. The molecule has 0 N–H and O–H groups in total. The van der Waals surface area contributed by atoms with Gasteiger partial charge in [0, 0.05) is 37.9 Å². The summed E-state index contributed by atoms with van der Waals surface area (Å²) in [5.74, 6) is 0. The van der Waals surface area contributed by atoms with E-state index in [1.54, 1.807) is 0 Å². The van der Waals surface area contributed by atoms with Crippen molar-refractivity contribution in [2.24, 2.45) is 0 Å². The number of hydrogen-bond acceptors (Lipinski definition) is 4. The molecule has 0 saturated carbocycles. The molecule has 2 aliphatic rings. The third-order valence-corrected chi connectivity index (χ3v) is 13.2. The van der Waals surface area contributed by atoms with Gasteiger partial charge >= 0.3 is 0 Å². The second kappa shape index (κ2) is 13.4. The Morgan fingerprint density at radius 1 is 0.373 bits per heavy atom. The van der Waals surface area contributed by atoms with Crippen molar-refractivity contribution in [3.63, 3.8) is 0 Å². The van der Waals surface area contributed by atoms with Gasteiger partial charge < -0.3 is 14.2 Å². The number of nitrogens with zero attached hydrogens (tertiary/aromatic N) is 2. The number of hydrogen-bond donors (Lipinski definition) is 0. The summed E-state index contributed by atoms with van der Waals surface area (Å²) in [6, 6.07) is 78.9. The molecule has 0 radical (unpaired) electrons. The molecule has 1 aliphatic heterocycles. The van der Waals surface area contributed by atoms with Gasteiger partial charge in [0.15, 0.2) is 5.58 Å². The van der Waals surface area contributed by atoms with Crippen LogP contribution in [0.15, 0.2) is 233 Å². The van der Waals surface area contributed by atoms with Crippen molar-refractivity contribution in [3.05, 3.63) is 241 Å². The molecular formula is C55H36N2OS. The van der Waals surface area contributed by atoms with Crippen molar-refractivity contribution in [1.29, 1.82) is 0 Å². The maximum atomic E-state index is 7.01. The predicted molar refractivity (Wildman–Crippen MR) is 245 cm³/mol. The van der Waals surface area contributed by atoms with Crippen LogP contribution in [0.4, 0.5) is 34.1 Å². The minimum atomic E-state index is -0.438. The second-order valence-corrected chi connectivity index (χ2v) is 16.3. The highest BCUT2D eigenvalue weighted by Crippen LogP contribution is 2.62. The van der Waals surface area contributed by atoms with E-state index in [9.17, 15) is 0 Å². The van der Waals surface area contributed by atoms with Gasteiger partial charge in [-0.15, -0.1) is 0 Å². The Hall–Kier alpha value is -7.27. The molecule has 59 heavy (non-hydrogen) atoms. The van der Waals surface area contributed by atoms with Crippen molar-refractivity contribution in [3.8, 4) is 11.1 Å². The monoisotopic (exact) mass is 772 g/mol. The molecule has 1 aromatic heterocycles. The lowest BCUT2D eigenvalue weighted by Crippen LogP contribution is -2.32. The van der Waals surface area contributed by atoms with E-state index < -0.39 is 5.41 Å². The van der Waals surface area contributed by atoms with Crippen molar-refractivity contribution in [2.45, 2.75) is 15.2 Å². The van der Waals surface area contributed by atoms with E-state index in [0.717, 1.165) is 56.1 Å². The summed E-state index contributed by atoms with van der Waals surface area (Å²) in [4.78, 5) is 7.23. The van der Waals surface area contributed by atoms with Crippen molar-refractivity contribution in [1.82, 2.24) is 0 Å². The van der Waals surface area contributed by atoms with Crippen LogP contribution in [0.5, 0.6) is 0 Å².